The molecular formula is C20H18FN2O+. The van der Waals surface area contributed by atoms with Crippen LogP contribution in [0.4, 0.5) is 4.39 Å². The van der Waals surface area contributed by atoms with Crippen molar-refractivity contribution in [2.45, 2.75) is 20.8 Å². The van der Waals surface area contributed by atoms with Gasteiger partial charge in [-0.1, -0.05) is 12.1 Å². The molecule has 3 nitrogen and oxygen atoms in total. The summed E-state index contributed by atoms with van der Waals surface area (Å²) in [4.78, 5) is 3.94. The maximum Gasteiger partial charge on any atom is 0.230 e. The molecule has 120 valence electrons. The van der Waals surface area contributed by atoms with Gasteiger partial charge in [0, 0.05) is 17.5 Å². The molecule has 24 heavy (non-hydrogen) atoms. The second-order valence-corrected chi connectivity index (χ2v) is 6.38. The normalized spacial score (nSPS) is 11.5. The zero-order valence-electron chi connectivity index (χ0n) is 14.1. The molecule has 0 saturated heterocycles. The lowest BCUT2D eigenvalue weighted by molar-refractivity contribution is -0.660. The number of hydrogen-bond donors (Lipinski definition) is 0. The van der Waals surface area contributed by atoms with E-state index in [9.17, 15) is 4.39 Å². The molecule has 0 aliphatic heterocycles. The number of rotatable bonds is 1. The maximum absolute atomic E-state index is 13.7. The molecule has 3 aromatic heterocycles. The number of hydrogen-bond acceptors (Lipinski definition) is 2. The Balaban J connectivity index is 2.18. The second-order valence-electron chi connectivity index (χ2n) is 6.38. The summed E-state index contributed by atoms with van der Waals surface area (Å²) in [7, 11) is 2.01. The Labute approximate surface area is 139 Å². The van der Waals surface area contributed by atoms with Gasteiger partial charge in [-0.2, -0.15) is 9.37 Å². The molecule has 0 aliphatic carbocycles. The van der Waals surface area contributed by atoms with E-state index < -0.39 is 5.95 Å². The summed E-state index contributed by atoms with van der Waals surface area (Å²) in [5.74, 6) is -0.515. The third-order valence-electron chi connectivity index (χ3n) is 4.55. The van der Waals surface area contributed by atoms with Crippen molar-refractivity contribution in [1.82, 2.24) is 4.98 Å². The summed E-state index contributed by atoms with van der Waals surface area (Å²) in [5, 5.41) is 1.85. The smallest absolute Gasteiger partial charge is 0.230 e. The van der Waals surface area contributed by atoms with Gasteiger partial charge in [-0.15, -0.1) is 0 Å². The highest BCUT2D eigenvalue weighted by atomic mass is 19.1. The minimum Gasteiger partial charge on any atom is -0.437 e. The number of fused-ring (bicyclic) bond motifs is 3. The number of benzene rings is 1. The molecule has 0 amide bonds. The lowest BCUT2D eigenvalue weighted by Crippen LogP contribution is -2.30. The van der Waals surface area contributed by atoms with E-state index in [-0.39, 0.29) is 0 Å². The van der Waals surface area contributed by atoms with E-state index in [0.717, 1.165) is 38.7 Å². The van der Waals surface area contributed by atoms with Crippen LogP contribution in [0.5, 0.6) is 0 Å². The predicted molar refractivity (Wildman–Crippen MR) is 92.3 cm³/mol. The minimum atomic E-state index is -0.515. The number of aromatic nitrogens is 2. The molecule has 0 spiro atoms. The van der Waals surface area contributed by atoms with Crippen LogP contribution in [0.15, 0.2) is 40.9 Å². The Kier molecular flexibility index (Phi) is 3.17. The predicted octanol–water partition coefficient (Wildman–Crippen LogP) is 4.54. The SMILES string of the molecule is Cc1cc[n+](C)c(-c2c(C)ccc3c2oc2nc(F)cc(C)c23)c1. The number of furan rings is 1. The highest BCUT2D eigenvalue weighted by molar-refractivity contribution is 6.10. The molecule has 3 heterocycles. The summed E-state index contributed by atoms with van der Waals surface area (Å²) in [5.41, 5.74) is 6.32. The van der Waals surface area contributed by atoms with Crippen molar-refractivity contribution in [2.24, 2.45) is 7.05 Å². The third kappa shape index (κ3) is 2.10. The van der Waals surface area contributed by atoms with Gasteiger partial charge < -0.3 is 4.42 Å². The van der Waals surface area contributed by atoms with Crippen LogP contribution in [-0.4, -0.2) is 4.98 Å². The van der Waals surface area contributed by atoms with E-state index in [1.165, 1.54) is 11.6 Å². The van der Waals surface area contributed by atoms with Crippen molar-refractivity contribution in [3.63, 3.8) is 0 Å². The first-order valence-electron chi connectivity index (χ1n) is 7.91. The van der Waals surface area contributed by atoms with E-state index >= 15 is 0 Å². The first-order valence-corrected chi connectivity index (χ1v) is 7.91. The topological polar surface area (TPSA) is 29.9 Å². The zero-order chi connectivity index (χ0) is 17.0. The van der Waals surface area contributed by atoms with Gasteiger partial charge in [0.2, 0.25) is 17.4 Å². The molecule has 0 aliphatic rings. The van der Waals surface area contributed by atoms with Gasteiger partial charge in [0.25, 0.3) is 0 Å². The van der Waals surface area contributed by atoms with Gasteiger partial charge >= 0.3 is 0 Å². The highest BCUT2D eigenvalue weighted by Gasteiger charge is 2.22. The van der Waals surface area contributed by atoms with E-state index in [1.54, 1.807) is 0 Å². The van der Waals surface area contributed by atoms with Gasteiger partial charge in [0.05, 0.1) is 10.9 Å². The van der Waals surface area contributed by atoms with E-state index in [0.29, 0.717) is 5.71 Å². The Morgan fingerprint density at radius 3 is 2.62 bits per heavy atom. The fourth-order valence-corrected chi connectivity index (χ4v) is 3.33. The molecular weight excluding hydrogens is 303 g/mol. The third-order valence-corrected chi connectivity index (χ3v) is 4.55. The lowest BCUT2D eigenvalue weighted by Gasteiger charge is -2.06. The zero-order valence-corrected chi connectivity index (χ0v) is 14.1. The maximum atomic E-state index is 13.7. The van der Waals surface area contributed by atoms with Crippen molar-refractivity contribution < 1.29 is 13.4 Å². The quantitative estimate of drug-likeness (QED) is 0.381. The second kappa shape index (κ2) is 5.13. The Morgan fingerprint density at radius 2 is 1.83 bits per heavy atom. The van der Waals surface area contributed by atoms with Crippen LogP contribution in [0.25, 0.3) is 33.3 Å². The van der Waals surface area contributed by atoms with Crippen LogP contribution in [0.3, 0.4) is 0 Å². The summed E-state index contributed by atoms with van der Waals surface area (Å²) in [6, 6.07) is 9.76. The van der Waals surface area contributed by atoms with Gasteiger partial charge in [0.1, 0.15) is 7.05 Å². The summed E-state index contributed by atoms with van der Waals surface area (Å²) in [6.45, 7) is 6.01. The first-order chi connectivity index (χ1) is 11.5. The van der Waals surface area contributed by atoms with Gasteiger partial charge in [-0.05, 0) is 43.5 Å². The molecule has 0 bridgehead atoms. The minimum absolute atomic E-state index is 0.352. The van der Waals surface area contributed by atoms with Crippen molar-refractivity contribution in [3.8, 4) is 11.3 Å². The lowest BCUT2D eigenvalue weighted by atomic mass is 9.99. The van der Waals surface area contributed by atoms with E-state index in [4.69, 9.17) is 4.42 Å². The standard InChI is InChI=1S/C20H18FN2O/c1-11-7-8-23(4)15(9-11)18-12(2)5-6-14-17-13(3)10-16(21)22-20(17)24-19(14)18/h5-10H,1-4H3/q+1. The molecule has 4 aromatic rings. The van der Waals surface area contributed by atoms with Crippen molar-refractivity contribution in [1.29, 1.82) is 0 Å². The van der Waals surface area contributed by atoms with Crippen molar-refractivity contribution in [2.75, 3.05) is 0 Å². The molecule has 4 rings (SSSR count). The number of nitrogens with zero attached hydrogens (tertiary/aromatic N) is 2. The van der Waals surface area contributed by atoms with Gasteiger partial charge in [0.15, 0.2) is 11.8 Å². The molecule has 4 heteroatoms. The summed E-state index contributed by atoms with van der Waals surface area (Å²) in [6.07, 6.45) is 2.04. The molecule has 0 radical (unpaired) electrons. The molecule has 0 fully saturated rings. The van der Waals surface area contributed by atoms with Crippen LogP contribution in [0.1, 0.15) is 16.7 Å². The molecule has 0 unspecified atom stereocenters. The largest absolute Gasteiger partial charge is 0.437 e. The van der Waals surface area contributed by atoms with Crippen LogP contribution in [0.2, 0.25) is 0 Å². The Hall–Kier alpha value is -2.75. The summed E-state index contributed by atoms with van der Waals surface area (Å²) >= 11 is 0. The van der Waals surface area contributed by atoms with E-state index in [2.05, 4.69) is 41.6 Å². The number of pyridine rings is 2. The van der Waals surface area contributed by atoms with Crippen LogP contribution < -0.4 is 4.57 Å². The van der Waals surface area contributed by atoms with Gasteiger partial charge in [-0.3, -0.25) is 0 Å². The number of halogens is 1. The summed E-state index contributed by atoms with van der Waals surface area (Å²) < 4.78 is 21.8. The molecule has 1 aromatic carbocycles. The van der Waals surface area contributed by atoms with Gasteiger partial charge in [-0.25, -0.2) is 4.57 Å². The van der Waals surface area contributed by atoms with Crippen LogP contribution >= 0.6 is 0 Å². The van der Waals surface area contributed by atoms with E-state index in [1.807, 2.05) is 26.2 Å². The number of aryl methyl sites for hydroxylation is 4. The fraction of sp³-hybridized carbons (Fsp3) is 0.200. The average molecular weight is 321 g/mol. The average Bonchev–Trinajstić information content (AvgIpc) is 2.88. The van der Waals surface area contributed by atoms with Crippen molar-refractivity contribution in [3.05, 3.63) is 59.2 Å². The monoisotopic (exact) mass is 321 g/mol. The first kappa shape index (κ1) is 14.8. The fourth-order valence-electron chi connectivity index (χ4n) is 3.33. The Bertz CT molecular complexity index is 1110. The molecule has 0 saturated carbocycles. The van der Waals surface area contributed by atoms with Crippen LogP contribution in [-0.2, 0) is 7.05 Å². The van der Waals surface area contributed by atoms with Crippen molar-refractivity contribution >= 4 is 22.1 Å². The highest BCUT2D eigenvalue weighted by Crippen LogP contribution is 2.37. The molecule has 0 N–H and O–H groups in total. The van der Waals surface area contributed by atoms with Crippen LogP contribution in [0, 0.1) is 26.7 Å². The Morgan fingerprint density at radius 1 is 1.04 bits per heavy atom. The molecule has 0 atom stereocenters.